The Bertz CT molecular complexity index is 637. The molecule has 1 aromatic heterocycles. The van der Waals surface area contributed by atoms with Gasteiger partial charge in [-0.25, -0.2) is 0 Å². The highest BCUT2D eigenvalue weighted by atomic mass is 32.2. The molecular weight excluding hydrogens is 310 g/mol. The SMILES string of the molecule is C[C@H](Sc1nnnn1-c1ccccc1)C(=O)N1CCCCCC1. The highest BCUT2D eigenvalue weighted by Gasteiger charge is 2.24. The van der Waals surface area contributed by atoms with Crippen LogP contribution in [0.1, 0.15) is 32.6 Å². The molecule has 2 heterocycles. The molecule has 3 rings (SSSR count). The summed E-state index contributed by atoms with van der Waals surface area (Å²) >= 11 is 1.42. The summed E-state index contributed by atoms with van der Waals surface area (Å²) in [5, 5.41) is 12.3. The van der Waals surface area contributed by atoms with Crippen molar-refractivity contribution in [1.82, 2.24) is 25.1 Å². The number of rotatable bonds is 4. The Balaban J connectivity index is 1.69. The fourth-order valence-corrected chi connectivity index (χ4v) is 3.63. The zero-order chi connectivity index (χ0) is 16.1. The predicted octanol–water partition coefficient (Wildman–Crippen LogP) is 2.55. The third-order valence-electron chi connectivity index (χ3n) is 3.99. The maximum atomic E-state index is 12.7. The van der Waals surface area contributed by atoms with Gasteiger partial charge in [0.15, 0.2) is 0 Å². The van der Waals surface area contributed by atoms with Gasteiger partial charge < -0.3 is 4.90 Å². The maximum absolute atomic E-state index is 12.7. The second kappa shape index (κ2) is 7.59. The molecule has 2 aromatic rings. The minimum Gasteiger partial charge on any atom is -0.342 e. The van der Waals surface area contributed by atoms with E-state index in [1.54, 1.807) is 4.68 Å². The monoisotopic (exact) mass is 331 g/mol. The van der Waals surface area contributed by atoms with Gasteiger partial charge in [0.1, 0.15) is 0 Å². The number of benzene rings is 1. The molecule has 0 unspecified atom stereocenters. The van der Waals surface area contributed by atoms with E-state index in [2.05, 4.69) is 15.5 Å². The van der Waals surface area contributed by atoms with E-state index >= 15 is 0 Å². The van der Waals surface area contributed by atoms with Crippen molar-refractivity contribution >= 4 is 17.7 Å². The van der Waals surface area contributed by atoms with E-state index in [1.807, 2.05) is 42.2 Å². The molecule has 1 aromatic carbocycles. The number of aromatic nitrogens is 4. The van der Waals surface area contributed by atoms with Crippen molar-refractivity contribution in [3.8, 4) is 5.69 Å². The smallest absolute Gasteiger partial charge is 0.235 e. The minimum atomic E-state index is -0.193. The number of tetrazole rings is 1. The number of hydrogen-bond acceptors (Lipinski definition) is 5. The topological polar surface area (TPSA) is 63.9 Å². The van der Waals surface area contributed by atoms with Crippen LogP contribution in [0.4, 0.5) is 0 Å². The van der Waals surface area contributed by atoms with Gasteiger partial charge in [0.25, 0.3) is 0 Å². The lowest BCUT2D eigenvalue weighted by Gasteiger charge is -2.23. The second-order valence-corrected chi connectivity index (χ2v) is 7.02. The Morgan fingerprint density at radius 2 is 1.83 bits per heavy atom. The molecule has 1 aliphatic heterocycles. The molecule has 1 saturated heterocycles. The van der Waals surface area contributed by atoms with E-state index in [4.69, 9.17) is 0 Å². The summed E-state index contributed by atoms with van der Waals surface area (Å²) in [6.07, 6.45) is 4.64. The first-order valence-electron chi connectivity index (χ1n) is 8.05. The van der Waals surface area contributed by atoms with Crippen molar-refractivity contribution in [1.29, 1.82) is 0 Å². The molecule has 122 valence electrons. The van der Waals surface area contributed by atoms with E-state index in [0.717, 1.165) is 31.6 Å². The van der Waals surface area contributed by atoms with Crippen molar-refractivity contribution in [3.05, 3.63) is 30.3 Å². The number of para-hydroxylation sites is 1. The van der Waals surface area contributed by atoms with Crippen LogP contribution >= 0.6 is 11.8 Å². The zero-order valence-corrected chi connectivity index (χ0v) is 14.1. The van der Waals surface area contributed by atoms with Crippen LogP contribution < -0.4 is 0 Å². The third-order valence-corrected chi connectivity index (χ3v) is 5.01. The molecule has 7 heteroatoms. The quantitative estimate of drug-likeness (QED) is 0.806. The van der Waals surface area contributed by atoms with Crippen LogP contribution in [0.15, 0.2) is 35.5 Å². The van der Waals surface area contributed by atoms with Gasteiger partial charge in [-0.15, -0.1) is 5.10 Å². The van der Waals surface area contributed by atoms with Crippen LogP contribution in [-0.2, 0) is 4.79 Å². The maximum Gasteiger partial charge on any atom is 0.235 e. The van der Waals surface area contributed by atoms with Crippen molar-refractivity contribution in [3.63, 3.8) is 0 Å². The van der Waals surface area contributed by atoms with E-state index in [-0.39, 0.29) is 11.2 Å². The van der Waals surface area contributed by atoms with Crippen molar-refractivity contribution < 1.29 is 4.79 Å². The average molecular weight is 331 g/mol. The molecule has 0 bridgehead atoms. The van der Waals surface area contributed by atoms with Crippen LogP contribution in [0.2, 0.25) is 0 Å². The van der Waals surface area contributed by atoms with Crippen molar-refractivity contribution in [2.45, 2.75) is 43.0 Å². The van der Waals surface area contributed by atoms with Gasteiger partial charge in [0, 0.05) is 13.1 Å². The van der Waals surface area contributed by atoms with E-state index in [1.165, 1.54) is 24.6 Å². The largest absolute Gasteiger partial charge is 0.342 e. The Morgan fingerprint density at radius 3 is 2.52 bits per heavy atom. The van der Waals surface area contributed by atoms with Crippen LogP contribution in [0, 0.1) is 0 Å². The van der Waals surface area contributed by atoms with Gasteiger partial charge in [0.05, 0.1) is 10.9 Å². The summed E-state index contributed by atoms with van der Waals surface area (Å²) in [5.74, 6) is 0.180. The van der Waals surface area contributed by atoms with Gasteiger partial charge in [-0.3, -0.25) is 4.79 Å². The molecule has 1 fully saturated rings. The fourth-order valence-electron chi connectivity index (χ4n) is 2.74. The molecule has 0 saturated carbocycles. The molecule has 0 radical (unpaired) electrons. The standard InChI is InChI=1S/C16H21N5OS/c1-13(15(22)20-11-7-2-3-8-12-20)23-16-17-18-19-21(16)14-9-5-4-6-10-14/h4-6,9-10,13H,2-3,7-8,11-12H2,1H3/t13-/m0/s1. The number of nitrogens with zero attached hydrogens (tertiary/aromatic N) is 5. The Kier molecular flexibility index (Phi) is 5.27. The van der Waals surface area contributed by atoms with E-state index in [9.17, 15) is 4.79 Å². The molecule has 1 atom stereocenters. The highest BCUT2D eigenvalue weighted by Crippen LogP contribution is 2.24. The van der Waals surface area contributed by atoms with Gasteiger partial charge in [-0.05, 0) is 42.3 Å². The average Bonchev–Trinajstić information content (AvgIpc) is 2.87. The number of thioether (sulfide) groups is 1. The lowest BCUT2D eigenvalue weighted by molar-refractivity contribution is -0.130. The summed E-state index contributed by atoms with van der Waals surface area (Å²) in [4.78, 5) is 14.6. The number of amides is 1. The number of likely N-dealkylation sites (tertiary alicyclic amines) is 1. The number of carbonyl (C=O) groups is 1. The molecule has 0 spiro atoms. The normalized spacial score (nSPS) is 16.8. The minimum absolute atomic E-state index is 0.180. The predicted molar refractivity (Wildman–Crippen MR) is 89.5 cm³/mol. The first-order chi connectivity index (χ1) is 11.3. The van der Waals surface area contributed by atoms with Crippen molar-refractivity contribution in [2.24, 2.45) is 0 Å². The summed E-state index contributed by atoms with van der Waals surface area (Å²) in [6, 6.07) is 9.73. The number of carbonyl (C=O) groups excluding carboxylic acids is 1. The molecule has 1 aliphatic rings. The van der Waals surface area contributed by atoms with E-state index < -0.39 is 0 Å². The second-order valence-electron chi connectivity index (χ2n) is 5.71. The van der Waals surface area contributed by atoms with Crippen molar-refractivity contribution in [2.75, 3.05) is 13.1 Å². The molecule has 6 nitrogen and oxygen atoms in total. The first-order valence-corrected chi connectivity index (χ1v) is 8.93. The summed E-state index contributed by atoms with van der Waals surface area (Å²) in [5.41, 5.74) is 0.898. The lowest BCUT2D eigenvalue weighted by atomic mass is 10.2. The van der Waals surface area contributed by atoms with E-state index in [0.29, 0.717) is 5.16 Å². The van der Waals surface area contributed by atoms with Gasteiger partial charge in [0.2, 0.25) is 11.1 Å². The van der Waals surface area contributed by atoms with Crippen LogP contribution in [0.5, 0.6) is 0 Å². The molecule has 23 heavy (non-hydrogen) atoms. The number of hydrogen-bond donors (Lipinski definition) is 0. The zero-order valence-electron chi connectivity index (χ0n) is 13.3. The summed E-state index contributed by atoms with van der Waals surface area (Å²) in [7, 11) is 0. The Morgan fingerprint density at radius 1 is 1.13 bits per heavy atom. The Hall–Kier alpha value is -1.89. The van der Waals surface area contributed by atoms with Crippen LogP contribution in [0.3, 0.4) is 0 Å². The molecule has 1 amide bonds. The van der Waals surface area contributed by atoms with Gasteiger partial charge in [-0.1, -0.05) is 42.8 Å². The van der Waals surface area contributed by atoms with Gasteiger partial charge in [-0.2, -0.15) is 4.68 Å². The fraction of sp³-hybridized carbons (Fsp3) is 0.500. The van der Waals surface area contributed by atoms with Crippen LogP contribution in [-0.4, -0.2) is 49.4 Å². The van der Waals surface area contributed by atoms with Crippen LogP contribution in [0.25, 0.3) is 5.69 Å². The van der Waals surface area contributed by atoms with Gasteiger partial charge >= 0.3 is 0 Å². The first kappa shape index (κ1) is 16.0. The Labute approximate surface area is 140 Å². The molecular formula is C16H21N5OS. The summed E-state index contributed by atoms with van der Waals surface area (Å²) < 4.78 is 1.68. The third kappa shape index (κ3) is 3.90. The molecule has 0 aliphatic carbocycles. The lowest BCUT2D eigenvalue weighted by Crippen LogP contribution is -2.37. The highest BCUT2D eigenvalue weighted by molar-refractivity contribution is 8.00. The molecule has 0 N–H and O–H groups in total. The summed E-state index contributed by atoms with van der Waals surface area (Å²) in [6.45, 7) is 3.67.